The Balaban J connectivity index is 3.13. The predicted molar refractivity (Wildman–Crippen MR) is 76.0 cm³/mol. The van der Waals surface area contributed by atoms with Crippen molar-refractivity contribution in [2.24, 2.45) is 5.92 Å². The zero-order chi connectivity index (χ0) is 14.6. The van der Waals surface area contributed by atoms with E-state index in [1.807, 2.05) is 13.8 Å². The van der Waals surface area contributed by atoms with Crippen LogP contribution in [0.4, 0.5) is 0 Å². The van der Waals surface area contributed by atoms with Gasteiger partial charge in [-0.2, -0.15) is 4.31 Å². The lowest BCUT2D eigenvalue weighted by Crippen LogP contribution is -2.34. The maximum absolute atomic E-state index is 12.4. The smallest absolute Gasteiger partial charge is 0.266 e. The molecule has 0 radical (unpaired) electrons. The lowest BCUT2D eigenvalue weighted by atomic mass is 10.1. The van der Waals surface area contributed by atoms with Crippen LogP contribution in [0.2, 0.25) is 5.02 Å². The fourth-order valence-corrected chi connectivity index (χ4v) is 3.41. The van der Waals surface area contributed by atoms with Crippen LogP contribution in [0, 0.1) is 5.92 Å². The SMILES string of the molecule is CCC(C)CN(CC)S(=O)(=O)c1c[nH]c(=O)c(Cl)c1. The molecule has 1 aromatic rings. The van der Waals surface area contributed by atoms with Gasteiger partial charge in [-0.15, -0.1) is 0 Å². The van der Waals surface area contributed by atoms with Crippen LogP contribution >= 0.6 is 11.6 Å². The fourth-order valence-electron chi connectivity index (χ4n) is 1.61. The summed E-state index contributed by atoms with van der Waals surface area (Å²) in [4.78, 5) is 13.5. The molecule has 0 aliphatic heterocycles. The molecule has 0 saturated carbocycles. The van der Waals surface area contributed by atoms with Crippen molar-refractivity contribution < 1.29 is 8.42 Å². The maximum atomic E-state index is 12.4. The quantitative estimate of drug-likeness (QED) is 0.875. The van der Waals surface area contributed by atoms with Gasteiger partial charge in [-0.1, -0.05) is 38.8 Å². The highest BCUT2D eigenvalue weighted by Gasteiger charge is 2.25. The van der Waals surface area contributed by atoms with Crippen molar-refractivity contribution in [2.75, 3.05) is 13.1 Å². The Morgan fingerprint density at radius 1 is 1.42 bits per heavy atom. The van der Waals surface area contributed by atoms with E-state index in [4.69, 9.17) is 11.6 Å². The van der Waals surface area contributed by atoms with E-state index < -0.39 is 15.6 Å². The van der Waals surface area contributed by atoms with Gasteiger partial charge in [-0.05, 0) is 12.0 Å². The summed E-state index contributed by atoms with van der Waals surface area (Å²) in [6.45, 7) is 6.63. The minimum atomic E-state index is -3.62. The van der Waals surface area contributed by atoms with Gasteiger partial charge in [-0.3, -0.25) is 4.79 Å². The van der Waals surface area contributed by atoms with E-state index in [1.165, 1.54) is 16.6 Å². The molecule has 0 aromatic carbocycles. The Labute approximate surface area is 118 Å². The molecule has 1 heterocycles. The number of H-pyrrole nitrogens is 1. The van der Waals surface area contributed by atoms with Crippen LogP contribution in [0.1, 0.15) is 27.2 Å². The Morgan fingerprint density at radius 2 is 2.05 bits per heavy atom. The monoisotopic (exact) mass is 306 g/mol. The summed E-state index contributed by atoms with van der Waals surface area (Å²) in [5, 5.41) is -0.124. The molecule has 0 fully saturated rings. The third kappa shape index (κ3) is 3.81. The first-order chi connectivity index (χ1) is 8.82. The van der Waals surface area contributed by atoms with Gasteiger partial charge in [0.15, 0.2) is 0 Å². The van der Waals surface area contributed by atoms with Gasteiger partial charge in [0.1, 0.15) is 5.02 Å². The predicted octanol–water partition coefficient (Wildman–Crippen LogP) is 2.08. The molecule has 1 aromatic heterocycles. The van der Waals surface area contributed by atoms with Gasteiger partial charge in [0.2, 0.25) is 10.0 Å². The Morgan fingerprint density at radius 3 is 2.53 bits per heavy atom. The van der Waals surface area contributed by atoms with Gasteiger partial charge < -0.3 is 4.98 Å². The molecular weight excluding hydrogens is 288 g/mol. The summed E-state index contributed by atoms with van der Waals surface area (Å²) in [5.74, 6) is 0.271. The summed E-state index contributed by atoms with van der Waals surface area (Å²) in [6.07, 6.45) is 2.08. The second-order valence-electron chi connectivity index (χ2n) is 4.48. The molecule has 1 atom stereocenters. The van der Waals surface area contributed by atoms with Crippen LogP contribution < -0.4 is 5.56 Å². The van der Waals surface area contributed by atoms with Crippen molar-refractivity contribution in [1.82, 2.24) is 9.29 Å². The summed E-state index contributed by atoms with van der Waals surface area (Å²) < 4.78 is 26.2. The van der Waals surface area contributed by atoms with E-state index in [0.717, 1.165) is 6.42 Å². The van der Waals surface area contributed by atoms with Crippen LogP contribution in [-0.4, -0.2) is 30.8 Å². The topological polar surface area (TPSA) is 70.2 Å². The third-order valence-electron chi connectivity index (χ3n) is 3.03. The van der Waals surface area contributed by atoms with E-state index in [1.54, 1.807) is 6.92 Å². The molecule has 1 rings (SSSR count). The molecule has 19 heavy (non-hydrogen) atoms. The second kappa shape index (κ2) is 6.54. The summed E-state index contributed by atoms with van der Waals surface area (Å²) >= 11 is 5.67. The standard InChI is InChI=1S/C12H19ClN2O3S/c1-4-9(3)8-15(5-2)19(17,18)10-6-11(13)12(16)14-7-10/h6-7,9H,4-5,8H2,1-3H3,(H,14,16). The first-order valence-electron chi connectivity index (χ1n) is 6.21. The molecule has 108 valence electrons. The van der Waals surface area contributed by atoms with E-state index in [0.29, 0.717) is 13.1 Å². The van der Waals surface area contributed by atoms with Gasteiger partial charge >= 0.3 is 0 Å². The molecule has 1 unspecified atom stereocenters. The Bertz CT molecular complexity index is 583. The van der Waals surface area contributed by atoms with Crippen molar-refractivity contribution in [3.63, 3.8) is 0 Å². The van der Waals surface area contributed by atoms with Crippen LogP contribution in [-0.2, 0) is 10.0 Å². The molecule has 0 saturated heterocycles. The number of aromatic amines is 1. The lowest BCUT2D eigenvalue weighted by Gasteiger charge is -2.23. The van der Waals surface area contributed by atoms with Crippen molar-refractivity contribution in [3.05, 3.63) is 27.6 Å². The lowest BCUT2D eigenvalue weighted by molar-refractivity contribution is 0.361. The zero-order valence-electron chi connectivity index (χ0n) is 11.3. The highest BCUT2D eigenvalue weighted by atomic mass is 35.5. The van der Waals surface area contributed by atoms with Crippen molar-refractivity contribution in [3.8, 4) is 0 Å². The van der Waals surface area contributed by atoms with Crippen LogP contribution in [0.3, 0.4) is 0 Å². The van der Waals surface area contributed by atoms with Gasteiger partial charge in [0, 0.05) is 19.3 Å². The molecule has 0 spiro atoms. The molecule has 1 N–H and O–H groups in total. The molecule has 5 nitrogen and oxygen atoms in total. The average Bonchev–Trinajstić information content (AvgIpc) is 2.38. The molecular formula is C12H19ClN2O3S. The zero-order valence-corrected chi connectivity index (χ0v) is 12.9. The summed E-state index contributed by atoms with van der Waals surface area (Å²) in [7, 11) is -3.62. The van der Waals surface area contributed by atoms with E-state index >= 15 is 0 Å². The Hall–Kier alpha value is -0.850. The van der Waals surface area contributed by atoms with Gasteiger partial charge in [-0.25, -0.2) is 8.42 Å². The largest absolute Gasteiger partial charge is 0.326 e. The van der Waals surface area contributed by atoms with Crippen molar-refractivity contribution in [2.45, 2.75) is 32.1 Å². The highest BCUT2D eigenvalue weighted by molar-refractivity contribution is 7.89. The van der Waals surface area contributed by atoms with Crippen LogP contribution in [0.15, 0.2) is 22.0 Å². The minimum absolute atomic E-state index is 0.0160. The normalized spacial score (nSPS) is 13.7. The van der Waals surface area contributed by atoms with Crippen LogP contribution in [0.5, 0.6) is 0 Å². The Kier molecular flexibility index (Phi) is 5.58. The number of pyridine rings is 1. The number of hydrogen-bond donors (Lipinski definition) is 1. The number of rotatable bonds is 6. The highest BCUT2D eigenvalue weighted by Crippen LogP contribution is 2.18. The molecule has 0 bridgehead atoms. The maximum Gasteiger partial charge on any atom is 0.266 e. The average molecular weight is 307 g/mol. The molecule has 0 amide bonds. The fraction of sp³-hybridized carbons (Fsp3) is 0.583. The van der Waals surface area contributed by atoms with E-state index in [9.17, 15) is 13.2 Å². The van der Waals surface area contributed by atoms with Crippen molar-refractivity contribution >= 4 is 21.6 Å². The van der Waals surface area contributed by atoms with Gasteiger partial charge in [0.05, 0.1) is 4.90 Å². The second-order valence-corrected chi connectivity index (χ2v) is 6.83. The number of nitrogens with zero attached hydrogens (tertiary/aromatic N) is 1. The molecule has 0 aliphatic rings. The van der Waals surface area contributed by atoms with Crippen molar-refractivity contribution in [1.29, 1.82) is 0 Å². The first-order valence-corrected chi connectivity index (χ1v) is 8.03. The number of aromatic nitrogens is 1. The number of sulfonamides is 1. The first kappa shape index (κ1) is 16.2. The summed E-state index contributed by atoms with van der Waals surface area (Å²) in [6, 6.07) is 1.19. The van der Waals surface area contributed by atoms with Crippen LogP contribution in [0.25, 0.3) is 0 Å². The van der Waals surface area contributed by atoms with E-state index in [2.05, 4.69) is 4.98 Å². The number of halogens is 1. The molecule has 0 aliphatic carbocycles. The number of nitrogens with one attached hydrogen (secondary N) is 1. The minimum Gasteiger partial charge on any atom is -0.326 e. The number of hydrogen-bond acceptors (Lipinski definition) is 3. The molecule has 7 heteroatoms. The van der Waals surface area contributed by atoms with E-state index in [-0.39, 0.29) is 15.8 Å². The third-order valence-corrected chi connectivity index (χ3v) is 5.23. The van der Waals surface area contributed by atoms with Gasteiger partial charge in [0.25, 0.3) is 5.56 Å². The summed E-state index contributed by atoms with van der Waals surface area (Å²) in [5.41, 5.74) is -0.495.